The standard InChI is InChI=1S/C29H29ClF2N2O3/c1-37-22-6-9-28-24(17-22)23(10-12-33-28)26(31)8-5-20-11-14-34(18-21(20)16-29(35)36)13-2-3-19-4-7-25(30)27(32)15-19/h4,6-7,9-10,12,15,17,20-21,26H,5,8,11,13-14,16,18H2,1H3,(H,35,36)/t20-,21+,26?/m1/s1. The molecule has 3 aromatic rings. The van der Waals surface area contributed by atoms with E-state index in [0.717, 1.165) is 18.4 Å². The molecular weight excluding hydrogens is 498 g/mol. The van der Waals surface area contributed by atoms with E-state index >= 15 is 4.39 Å². The highest BCUT2D eigenvalue weighted by Gasteiger charge is 2.31. The van der Waals surface area contributed by atoms with Gasteiger partial charge in [0.15, 0.2) is 0 Å². The number of hydrogen-bond acceptors (Lipinski definition) is 4. The lowest BCUT2D eigenvalue weighted by Gasteiger charge is -2.37. The molecule has 1 aromatic heterocycles. The molecule has 0 radical (unpaired) electrons. The van der Waals surface area contributed by atoms with E-state index in [1.54, 1.807) is 37.6 Å². The first kappa shape index (κ1) is 26.8. The average Bonchev–Trinajstić information content (AvgIpc) is 2.89. The third kappa shape index (κ3) is 6.97. The molecule has 1 saturated heterocycles. The predicted octanol–water partition coefficient (Wildman–Crippen LogP) is 6.29. The van der Waals surface area contributed by atoms with Gasteiger partial charge >= 0.3 is 5.97 Å². The van der Waals surface area contributed by atoms with Crippen molar-refractivity contribution in [2.24, 2.45) is 11.8 Å². The van der Waals surface area contributed by atoms with E-state index in [1.165, 1.54) is 12.1 Å². The molecule has 5 nitrogen and oxygen atoms in total. The number of carbonyl (C=O) groups is 1. The number of halogens is 3. The zero-order valence-corrected chi connectivity index (χ0v) is 21.3. The molecule has 1 N–H and O–H groups in total. The van der Waals surface area contributed by atoms with Crippen molar-refractivity contribution in [3.63, 3.8) is 0 Å². The topological polar surface area (TPSA) is 62.7 Å². The summed E-state index contributed by atoms with van der Waals surface area (Å²) in [6.45, 7) is 1.77. The Hall–Kier alpha value is -3.21. The van der Waals surface area contributed by atoms with E-state index in [1.807, 2.05) is 6.07 Å². The zero-order chi connectivity index (χ0) is 26.4. The molecule has 8 heteroatoms. The molecule has 2 heterocycles. The van der Waals surface area contributed by atoms with Crippen LogP contribution in [0.4, 0.5) is 8.78 Å². The van der Waals surface area contributed by atoms with Crippen molar-refractivity contribution >= 4 is 28.5 Å². The van der Waals surface area contributed by atoms with E-state index in [-0.39, 0.29) is 23.3 Å². The van der Waals surface area contributed by atoms with Gasteiger partial charge in [-0.1, -0.05) is 23.4 Å². The Balaban J connectivity index is 1.39. The Bertz CT molecular complexity index is 1320. The molecule has 0 aliphatic carbocycles. The van der Waals surface area contributed by atoms with Crippen LogP contribution in [0.25, 0.3) is 10.9 Å². The number of likely N-dealkylation sites (tertiary alicyclic amines) is 1. The second-order valence-corrected chi connectivity index (χ2v) is 9.81. The van der Waals surface area contributed by atoms with Crippen molar-refractivity contribution in [1.82, 2.24) is 9.88 Å². The molecule has 194 valence electrons. The Labute approximate surface area is 220 Å². The molecule has 3 atom stereocenters. The maximum absolute atomic E-state index is 15.5. The molecule has 0 amide bonds. The molecule has 2 aromatic carbocycles. The third-order valence-corrected chi connectivity index (χ3v) is 7.28. The first-order valence-electron chi connectivity index (χ1n) is 12.3. The first-order chi connectivity index (χ1) is 17.8. The second kappa shape index (κ2) is 12.4. The van der Waals surface area contributed by atoms with E-state index in [9.17, 15) is 14.3 Å². The van der Waals surface area contributed by atoms with Crippen LogP contribution in [0.5, 0.6) is 5.75 Å². The van der Waals surface area contributed by atoms with Gasteiger partial charge in [0.2, 0.25) is 0 Å². The van der Waals surface area contributed by atoms with Crippen LogP contribution < -0.4 is 4.74 Å². The molecule has 1 aliphatic rings. The lowest BCUT2D eigenvalue weighted by Crippen LogP contribution is -2.41. The fourth-order valence-corrected chi connectivity index (χ4v) is 5.14. The molecule has 37 heavy (non-hydrogen) atoms. The van der Waals surface area contributed by atoms with Crippen LogP contribution in [0.2, 0.25) is 5.02 Å². The van der Waals surface area contributed by atoms with Gasteiger partial charge in [0.1, 0.15) is 17.7 Å². The van der Waals surface area contributed by atoms with E-state index in [2.05, 4.69) is 21.7 Å². The number of pyridine rings is 1. The quantitative estimate of drug-likeness (QED) is 0.349. The number of methoxy groups -OCH3 is 1. The number of ether oxygens (including phenoxy) is 1. The van der Waals surface area contributed by atoms with Crippen LogP contribution >= 0.6 is 11.6 Å². The summed E-state index contributed by atoms with van der Waals surface area (Å²) in [4.78, 5) is 18.0. The molecular formula is C29H29ClF2N2O3. The number of nitrogens with zero attached hydrogens (tertiary/aromatic N) is 2. The highest BCUT2D eigenvalue weighted by molar-refractivity contribution is 6.30. The fourth-order valence-electron chi connectivity index (χ4n) is 5.03. The minimum atomic E-state index is -1.19. The van der Waals surface area contributed by atoms with E-state index in [4.69, 9.17) is 16.3 Å². The van der Waals surface area contributed by atoms with Crippen molar-refractivity contribution in [2.45, 2.75) is 31.9 Å². The highest BCUT2D eigenvalue weighted by atomic mass is 35.5. The Kier molecular flexibility index (Phi) is 8.96. The SMILES string of the molecule is COc1ccc2nccc(C(F)CC[C@@H]3CCN(CC#Cc4ccc(Cl)c(F)c4)C[C@@H]3CC(=O)O)c2c1. The van der Waals surface area contributed by atoms with E-state index < -0.39 is 18.0 Å². The molecule has 0 saturated carbocycles. The number of carboxylic acids is 1. The number of benzene rings is 2. The molecule has 0 spiro atoms. The Morgan fingerprint density at radius 3 is 2.86 bits per heavy atom. The largest absolute Gasteiger partial charge is 0.497 e. The van der Waals surface area contributed by atoms with Crippen molar-refractivity contribution in [3.8, 4) is 17.6 Å². The summed E-state index contributed by atoms with van der Waals surface area (Å²) in [5.74, 6) is 5.27. The summed E-state index contributed by atoms with van der Waals surface area (Å²) >= 11 is 5.71. The van der Waals surface area contributed by atoms with Gasteiger partial charge in [-0.2, -0.15) is 0 Å². The van der Waals surface area contributed by atoms with Gasteiger partial charge < -0.3 is 9.84 Å². The third-order valence-electron chi connectivity index (χ3n) is 6.98. The van der Waals surface area contributed by atoms with Crippen molar-refractivity contribution < 1.29 is 23.4 Å². The fraction of sp³-hybridized carbons (Fsp3) is 0.379. The minimum Gasteiger partial charge on any atom is -0.497 e. The summed E-state index contributed by atoms with van der Waals surface area (Å²) in [5.41, 5.74) is 1.82. The number of carboxylic acid groups (broad SMARTS) is 1. The minimum absolute atomic E-state index is 0.0311. The molecule has 4 rings (SSSR count). The number of alkyl halides is 1. The molecule has 1 unspecified atom stereocenters. The smallest absolute Gasteiger partial charge is 0.303 e. The van der Waals surface area contributed by atoms with Crippen molar-refractivity contribution in [1.29, 1.82) is 0 Å². The molecule has 0 bridgehead atoms. The van der Waals surface area contributed by atoms with Crippen LogP contribution in [0, 0.1) is 29.5 Å². The second-order valence-electron chi connectivity index (χ2n) is 9.40. The van der Waals surface area contributed by atoms with Gasteiger partial charge in [-0.3, -0.25) is 14.7 Å². The Morgan fingerprint density at radius 1 is 1.27 bits per heavy atom. The summed E-state index contributed by atoms with van der Waals surface area (Å²) in [6.07, 6.45) is 2.12. The maximum atomic E-state index is 15.5. The summed E-state index contributed by atoms with van der Waals surface area (Å²) < 4.78 is 34.4. The summed E-state index contributed by atoms with van der Waals surface area (Å²) in [5, 5.41) is 10.3. The van der Waals surface area contributed by atoms with Gasteiger partial charge in [0.05, 0.1) is 24.2 Å². The van der Waals surface area contributed by atoms with Gasteiger partial charge in [0, 0.05) is 30.1 Å². The number of piperidine rings is 1. The number of rotatable bonds is 8. The lowest BCUT2D eigenvalue weighted by molar-refractivity contribution is -0.139. The molecule has 1 aliphatic heterocycles. The summed E-state index contributed by atoms with van der Waals surface area (Å²) in [7, 11) is 1.57. The monoisotopic (exact) mass is 526 g/mol. The number of aromatic nitrogens is 1. The van der Waals surface area contributed by atoms with Gasteiger partial charge in [0.25, 0.3) is 0 Å². The average molecular weight is 527 g/mol. The lowest BCUT2D eigenvalue weighted by atomic mass is 9.79. The number of hydrogen-bond donors (Lipinski definition) is 1. The van der Waals surface area contributed by atoms with Crippen molar-refractivity contribution in [3.05, 3.63) is 70.6 Å². The van der Waals surface area contributed by atoms with Crippen LogP contribution in [0.1, 0.15) is 43.0 Å². The number of fused-ring (bicyclic) bond motifs is 1. The van der Waals surface area contributed by atoms with Crippen LogP contribution in [-0.2, 0) is 4.79 Å². The summed E-state index contributed by atoms with van der Waals surface area (Å²) in [6, 6.07) is 11.5. The van der Waals surface area contributed by atoms with Gasteiger partial charge in [-0.05, 0) is 85.7 Å². The van der Waals surface area contributed by atoms with Gasteiger partial charge in [-0.25, -0.2) is 8.78 Å². The molecule has 1 fully saturated rings. The van der Waals surface area contributed by atoms with E-state index in [0.29, 0.717) is 48.3 Å². The predicted molar refractivity (Wildman–Crippen MR) is 140 cm³/mol. The Morgan fingerprint density at radius 2 is 2.11 bits per heavy atom. The van der Waals surface area contributed by atoms with Gasteiger partial charge in [-0.15, -0.1) is 0 Å². The van der Waals surface area contributed by atoms with Crippen molar-refractivity contribution in [2.75, 3.05) is 26.7 Å². The van der Waals surface area contributed by atoms with Crippen LogP contribution in [-0.4, -0.2) is 47.7 Å². The maximum Gasteiger partial charge on any atom is 0.303 e. The number of aliphatic carboxylic acids is 1. The first-order valence-corrected chi connectivity index (χ1v) is 12.7. The normalized spacial score (nSPS) is 18.7. The van der Waals surface area contributed by atoms with Crippen LogP contribution in [0.3, 0.4) is 0 Å². The zero-order valence-electron chi connectivity index (χ0n) is 20.6. The van der Waals surface area contributed by atoms with Crippen LogP contribution in [0.15, 0.2) is 48.7 Å². The highest BCUT2D eigenvalue weighted by Crippen LogP contribution is 2.36.